The minimum Gasteiger partial charge on any atom is -0.319 e. The molecule has 2 atom stereocenters. The van der Waals surface area contributed by atoms with E-state index in [1.165, 1.54) is 16.7 Å². The van der Waals surface area contributed by atoms with Crippen LogP contribution < -0.4 is 5.32 Å². The molecule has 20 heavy (non-hydrogen) atoms. The highest BCUT2D eigenvalue weighted by Gasteiger charge is 2.40. The Morgan fingerprint density at radius 3 is 2.50 bits per heavy atom. The Bertz CT molecular complexity index is 494. The number of nitrogens with zero attached hydrogens (tertiary/aromatic N) is 1. The molecule has 0 spiro atoms. The first-order valence-electron chi connectivity index (χ1n) is 7.64. The second-order valence-corrected chi connectivity index (χ2v) is 5.87. The van der Waals surface area contributed by atoms with Gasteiger partial charge in [0, 0.05) is 6.04 Å². The van der Waals surface area contributed by atoms with E-state index in [-0.39, 0.29) is 18.1 Å². The van der Waals surface area contributed by atoms with Crippen LogP contribution in [0.5, 0.6) is 0 Å². The zero-order valence-electron chi connectivity index (χ0n) is 13.2. The molecule has 1 aliphatic rings. The van der Waals surface area contributed by atoms with Gasteiger partial charge in [-0.05, 0) is 44.7 Å². The van der Waals surface area contributed by atoms with E-state index in [1.54, 1.807) is 0 Å². The molecule has 0 saturated carbocycles. The van der Waals surface area contributed by atoms with Crippen LogP contribution in [0.15, 0.2) is 18.2 Å². The third-order valence-corrected chi connectivity index (χ3v) is 4.38. The Hall–Kier alpha value is -1.35. The number of hydrogen-bond donors (Lipinski definition) is 1. The Morgan fingerprint density at radius 1 is 1.25 bits per heavy atom. The third kappa shape index (κ3) is 2.59. The van der Waals surface area contributed by atoms with E-state index in [1.807, 2.05) is 6.92 Å². The minimum absolute atomic E-state index is 0.0160. The molecule has 0 radical (unpaired) electrons. The van der Waals surface area contributed by atoms with Crippen LogP contribution in [0.3, 0.4) is 0 Å². The standard InChI is InChI=1S/C17H26N2O/c1-6-14(7-2)19-16(18-13(5)17(19)20)15-10-11(3)8-9-12(15)4/h8-10,13-14,16,18H,6-7H2,1-5H3. The van der Waals surface area contributed by atoms with Crippen molar-refractivity contribution >= 4 is 5.91 Å². The van der Waals surface area contributed by atoms with Crippen molar-refractivity contribution in [2.75, 3.05) is 0 Å². The van der Waals surface area contributed by atoms with Crippen LogP contribution in [-0.4, -0.2) is 22.9 Å². The van der Waals surface area contributed by atoms with Crippen LogP contribution in [0.1, 0.15) is 56.5 Å². The van der Waals surface area contributed by atoms with E-state index in [2.05, 4.69) is 56.1 Å². The fraction of sp³-hybridized carbons (Fsp3) is 0.588. The van der Waals surface area contributed by atoms with Gasteiger partial charge in [-0.25, -0.2) is 0 Å². The SMILES string of the molecule is CCC(CC)N1C(=O)C(C)NC1c1cc(C)ccc1C. The number of rotatable bonds is 4. The number of aryl methyl sites for hydroxylation is 2. The van der Waals surface area contributed by atoms with Crippen LogP contribution >= 0.6 is 0 Å². The van der Waals surface area contributed by atoms with E-state index in [4.69, 9.17) is 0 Å². The summed E-state index contributed by atoms with van der Waals surface area (Å²) in [6.45, 7) is 10.5. The molecule has 3 heteroatoms. The van der Waals surface area contributed by atoms with Crippen LogP contribution in [0.4, 0.5) is 0 Å². The molecular weight excluding hydrogens is 248 g/mol. The second kappa shape index (κ2) is 5.96. The van der Waals surface area contributed by atoms with Gasteiger partial charge in [-0.15, -0.1) is 0 Å². The molecule has 0 aliphatic carbocycles. The van der Waals surface area contributed by atoms with Gasteiger partial charge in [0.25, 0.3) is 0 Å². The summed E-state index contributed by atoms with van der Waals surface area (Å²) in [5.41, 5.74) is 3.71. The normalized spacial score (nSPS) is 22.9. The lowest BCUT2D eigenvalue weighted by molar-refractivity contribution is -0.132. The van der Waals surface area contributed by atoms with Gasteiger partial charge in [0.2, 0.25) is 5.91 Å². The highest BCUT2D eigenvalue weighted by molar-refractivity contribution is 5.84. The number of carbonyl (C=O) groups is 1. The maximum absolute atomic E-state index is 12.5. The molecule has 0 aromatic heterocycles. The summed E-state index contributed by atoms with van der Waals surface area (Å²) in [5.74, 6) is 0.226. The maximum atomic E-state index is 12.5. The molecule has 1 aromatic rings. The van der Waals surface area contributed by atoms with Crippen molar-refractivity contribution in [1.82, 2.24) is 10.2 Å². The molecule has 3 nitrogen and oxygen atoms in total. The predicted octanol–water partition coefficient (Wildman–Crippen LogP) is 3.31. The van der Waals surface area contributed by atoms with Gasteiger partial charge in [0.15, 0.2) is 0 Å². The zero-order chi connectivity index (χ0) is 14.9. The minimum atomic E-state index is -0.0967. The quantitative estimate of drug-likeness (QED) is 0.913. The van der Waals surface area contributed by atoms with Crippen molar-refractivity contribution in [3.63, 3.8) is 0 Å². The summed E-state index contributed by atoms with van der Waals surface area (Å²) >= 11 is 0. The first-order chi connectivity index (χ1) is 9.49. The van der Waals surface area contributed by atoms with Crippen LogP contribution in [-0.2, 0) is 4.79 Å². The lowest BCUT2D eigenvalue weighted by Crippen LogP contribution is -2.39. The molecule has 2 rings (SSSR count). The molecule has 1 heterocycles. The largest absolute Gasteiger partial charge is 0.319 e. The summed E-state index contributed by atoms with van der Waals surface area (Å²) in [6, 6.07) is 6.68. The van der Waals surface area contributed by atoms with Crippen molar-refractivity contribution in [2.24, 2.45) is 0 Å². The predicted molar refractivity (Wildman–Crippen MR) is 82.5 cm³/mol. The lowest BCUT2D eigenvalue weighted by Gasteiger charge is -2.32. The second-order valence-electron chi connectivity index (χ2n) is 5.87. The number of benzene rings is 1. The Labute approximate surface area is 122 Å². The van der Waals surface area contributed by atoms with Gasteiger partial charge in [-0.3, -0.25) is 10.1 Å². The van der Waals surface area contributed by atoms with Crippen molar-refractivity contribution < 1.29 is 4.79 Å². The molecule has 1 aliphatic heterocycles. The molecule has 1 amide bonds. The van der Waals surface area contributed by atoms with E-state index in [0.29, 0.717) is 6.04 Å². The van der Waals surface area contributed by atoms with Crippen molar-refractivity contribution in [2.45, 2.75) is 65.7 Å². The van der Waals surface area contributed by atoms with Crippen LogP contribution in [0.25, 0.3) is 0 Å². The molecule has 1 fully saturated rings. The highest BCUT2D eigenvalue weighted by atomic mass is 16.2. The van der Waals surface area contributed by atoms with Crippen LogP contribution in [0.2, 0.25) is 0 Å². The summed E-state index contributed by atoms with van der Waals surface area (Å²) in [7, 11) is 0. The van der Waals surface area contributed by atoms with E-state index in [9.17, 15) is 4.79 Å². The summed E-state index contributed by atoms with van der Waals surface area (Å²) in [5, 5.41) is 3.46. The van der Waals surface area contributed by atoms with Gasteiger partial charge in [-0.2, -0.15) is 0 Å². The fourth-order valence-corrected chi connectivity index (χ4v) is 3.11. The molecule has 0 bridgehead atoms. The summed E-state index contributed by atoms with van der Waals surface area (Å²) in [4.78, 5) is 14.6. The van der Waals surface area contributed by atoms with Gasteiger partial charge in [0.05, 0.1) is 6.04 Å². The third-order valence-electron chi connectivity index (χ3n) is 4.38. The van der Waals surface area contributed by atoms with E-state index in [0.717, 1.165) is 12.8 Å². The van der Waals surface area contributed by atoms with Crippen LogP contribution in [0, 0.1) is 13.8 Å². The molecule has 1 N–H and O–H groups in total. The lowest BCUT2D eigenvalue weighted by atomic mass is 10.0. The highest BCUT2D eigenvalue weighted by Crippen LogP contribution is 2.31. The first kappa shape index (κ1) is 15.0. The smallest absolute Gasteiger partial charge is 0.241 e. The van der Waals surface area contributed by atoms with Crippen molar-refractivity contribution in [3.8, 4) is 0 Å². The zero-order valence-corrected chi connectivity index (χ0v) is 13.2. The number of nitrogens with one attached hydrogen (secondary N) is 1. The van der Waals surface area contributed by atoms with Gasteiger partial charge < -0.3 is 4.90 Å². The maximum Gasteiger partial charge on any atom is 0.241 e. The molecule has 110 valence electrons. The average Bonchev–Trinajstić information content (AvgIpc) is 2.71. The summed E-state index contributed by atoms with van der Waals surface area (Å²) < 4.78 is 0. The Kier molecular flexibility index (Phi) is 4.48. The van der Waals surface area contributed by atoms with Crippen molar-refractivity contribution in [1.29, 1.82) is 0 Å². The monoisotopic (exact) mass is 274 g/mol. The first-order valence-corrected chi connectivity index (χ1v) is 7.64. The van der Waals surface area contributed by atoms with Gasteiger partial charge in [-0.1, -0.05) is 37.6 Å². The van der Waals surface area contributed by atoms with E-state index >= 15 is 0 Å². The Morgan fingerprint density at radius 2 is 1.90 bits per heavy atom. The number of carbonyl (C=O) groups excluding carboxylic acids is 1. The Balaban J connectivity index is 2.42. The fourth-order valence-electron chi connectivity index (χ4n) is 3.11. The van der Waals surface area contributed by atoms with Crippen molar-refractivity contribution in [3.05, 3.63) is 34.9 Å². The van der Waals surface area contributed by atoms with Gasteiger partial charge >= 0.3 is 0 Å². The number of amides is 1. The number of hydrogen-bond acceptors (Lipinski definition) is 2. The molecular formula is C17H26N2O. The van der Waals surface area contributed by atoms with Gasteiger partial charge in [0.1, 0.15) is 6.17 Å². The molecule has 1 aromatic carbocycles. The topological polar surface area (TPSA) is 32.3 Å². The average molecular weight is 274 g/mol. The summed E-state index contributed by atoms with van der Waals surface area (Å²) in [6.07, 6.45) is 2.01. The molecule has 1 saturated heterocycles. The molecule has 2 unspecified atom stereocenters. The van der Waals surface area contributed by atoms with E-state index < -0.39 is 0 Å².